The van der Waals surface area contributed by atoms with Gasteiger partial charge in [-0.3, -0.25) is 4.79 Å². The summed E-state index contributed by atoms with van der Waals surface area (Å²) in [6, 6.07) is -0.537. The van der Waals surface area contributed by atoms with Crippen LogP contribution in [0.3, 0.4) is 0 Å². The molecule has 19 heavy (non-hydrogen) atoms. The van der Waals surface area contributed by atoms with Gasteiger partial charge in [0.1, 0.15) is 6.04 Å². The average molecular weight is 269 g/mol. The number of nitrogens with one attached hydrogen (secondary N) is 1. The molecular formula is C14H23NO4. The van der Waals surface area contributed by atoms with E-state index in [1.807, 2.05) is 6.92 Å². The van der Waals surface area contributed by atoms with E-state index in [1.165, 1.54) is 12.8 Å². The highest BCUT2D eigenvalue weighted by Crippen LogP contribution is 2.41. The highest BCUT2D eigenvalue weighted by molar-refractivity contribution is 5.78. The van der Waals surface area contributed by atoms with E-state index in [-0.39, 0.29) is 24.1 Å². The molecule has 1 N–H and O–H groups in total. The Hall–Kier alpha value is -1.10. The topological polar surface area (TPSA) is 64.6 Å². The summed E-state index contributed by atoms with van der Waals surface area (Å²) in [6.45, 7) is 4.14. The van der Waals surface area contributed by atoms with Gasteiger partial charge in [-0.15, -0.1) is 0 Å². The second kappa shape index (κ2) is 6.37. The zero-order valence-electron chi connectivity index (χ0n) is 11.6. The van der Waals surface area contributed by atoms with Crippen molar-refractivity contribution < 1.29 is 19.1 Å². The number of rotatable bonds is 6. The molecule has 4 atom stereocenters. The van der Waals surface area contributed by atoms with Gasteiger partial charge < -0.3 is 14.8 Å². The molecule has 1 saturated heterocycles. The molecule has 2 aliphatic rings. The van der Waals surface area contributed by atoms with Crippen molar-refractivity contribution in [1.82, 2.24) is 5.32 Å². The lowest BCUT2D eigenvalue weighted by molar-refractivity contribution is -0.151. The zero-order valence-corrected chi connectivity index (χ0v) is 11.6. The van der Waals surface area contributed by atoms with Crippen LogP contribution in [0.5, 0.6) is 0 Å². The van der Waals surface area contributed by atoms with Crippen LogP contribution in [-0.4, -0.2) is 37.2 Å². The number of carbonyl (C=O) groups is 2. The number of amides is 1. The largest absolute Gasteiger partial charge is 0.464 e. The molecule has 0 radical (unpaired) electrons. The molecule has 1 saturated carbocycles. The first-order valence-corrected chi connectivity index (χ1v) is 7.17. The van der Waals surface area contributed by atoms with Crippen molar-refractivity contribution in [3.63, 3.8) is 0 Å². The molecule has 0 aromatic heterocycles. The summed E-state index contributed by atoms with van der Waals surface area (Å²) in [5, 5.41) is 2.63. The molecule has 2 rings (SSSR count). The van der Waals surface area contributed by atoms with Gasteiger partial charge in [0.25, 0.3) is 0 Å². The Kier molecular flexibility index (Phi) is 4.80. The third kappa shape index (κ3) is 3.69. The number of carbonyl (C=O) groups excluding carboxylic acids is 2. The average Bonchev–Trinajstić information content (AvgIpc) is 3.19. The Morgan fingerprint density at radius 2 is 2.21 bits per heavy atom. The van der Waals surface area contributed by atoms with E-state index < -0.39 is 6.04 Å². The third-order valence-electron chi connectivity index (χ3n) is 3.98. The maximum absolute atomic E-state index is 11.9. The van der Waals surface area contributed by atoms with Gasteiger partial charge in [-0.2, -0.15) is 0 Å². The molecule has 108 valence electrons. The molecule has 2 fully saturated rings. The van der Waals surface area contributed by atoms with E-state index in [1.54, 1.807) is 6.92 Å². The quantitative estimate of drug-likeness (QED) is 0.582. The second-order valence-electron chi connectivity index (χ2n) is 5.57. The normalized spacial score (nSPS) is 32.4. The Bertz CT molecular complexity index is 329. The lowest BCUT2D eigenvalue weighted by atomic mass is 9.84. The van der Waals surface area contributed by atoms with E-state index in [9.17, 15) is 9.59 Å². The van der Waals surface area contributed by atoms with Gasteiger partial charge in [0.15, 0.2) is 0 Å². The Balaban J connectivity index is 2.01. The summed E-state index contributed by atoms with van der Waals surface area (Å²) in [5.41, 5.74) is 0. The fourth-order valence-corrected chi connectivity index (χ4v) is 2.98. The maximum atomic E-state index is 11.9. The van der Waals surface area contributed by atoms with Crippen molar-refractivity contribution in [1.29, 1.82) is 0 Å². The van der Waals surface area contributed by atoms with Crippen LogP contribution >= 0.6 is 0 Å². The zero-order chi connectivity index (χ0) is 13.8. The molecule has 1 heterocycles. The lowest BCUT2D eigenvalue weighted by Gasteiger charge is -2.37. The lowest BCUT2D eigenvalue weighted by Crippen LogP contribution is -2.48. The number of esters is 1. The van der Waals surface area contributed by atoms with E-state index in [4.69, 9.17) is 9.47 Å². The van der Waals surface area contributed by atoms with Gasteiger partial charge >= 0.3 is 5.97 Å². The van der Waals surface area contributed by atoms with Gasteiger partial charge in [0.2, 0.25) is 6.41 Å². The van der Waals surface area contributed by atoms with Crippen LogP contribution in [0.15, 0.2) is 0 Å². The summed E-state index contributed by atoms with van der Waals surface area (Å²) in [4.78, 5) is 22.7. The fraction of sp³-hybridized carbons (Fsp3) is 0.857. The monoisotopic (exact) mass is 269 g/mol. The first kappa shape index (κ1) is 14.3. The van der Waals surface area contributed by atoms with E-state index >= 15 is 0 Å². The van der Waals surface area contributed by atoms with E-state index in [0.29, 0.717) is 18.9 Å². The third-order valence-corrected chi connectivity index (χ3v) is 3.98. The SMILES string of the molecule is CCOC(=O)[C@@H](NC=O)[C@H]1CC(C2CC2)O[C@@H](C)C1. The van der Waals surface area contributed by atoms with Gasteiger partial charge in [-0.25, -0.2) is 4.79 Å². The first-order chi connectivity index (χ1) is 9.15. The van der Waals surface area contributed by atoms with Crippen molar-refractivity contribution in [3.05, 3.63) is 0 Å². The van der Waals surface area contributed by atoms with Crippen LogP contribution in [-0.2, 0) is 19.1 Å². The van der Waals surface area contributed by atoms with E-state index in [0.717, 1.165) is 12.8 Å². The van der Waals surface area contributed by atoms with Crippen molar-refractivity contribution in [2.24, 2.45) is 11.8 Å². The smallest absolute Gasteiger partial charge is 0.328 e. The molecule has 1 unspecified atom stereocenters. The van der Waals surface area contributed by atoms with Crippen molar-refractivity contribution in [2.75, 3.05) is 6.61 Å². The van der Waals surface area contributed by atoms with Crippen molar-refractivity contribution in [2.45, 2.75) is 57.8 Å². The Labute approximate surface area is 114 Å². The molecule has 0 aromatic carbocycles. The Morgan fingerprint density at radius 1 is 1.47 bits per heavy atom. The standard InChI is InChI=1S/C14H23NO4/c1-3-18-14(17)13(15-8-16)11-6-9(2)19-12(7-11)10-4-5-10/h8-13H,3-7H2,1-2H3,(H,15,16)/t9-,11+,12?,13-/m0/s1. The highest BCUT2D eigenvalue weighted by atomic mass is 16.5. The highest BCUT2D eigenvalue weighted by Gasteiger charge is 2.42. The van der Waals surface area contributed by atoms with Crippen LogP contribution in [0.4, 0.5) is 0 Å². The van der Waals surface area contributed by atoms with Gasteiger partial charge in [0, 0.05) is 0 Å². The van der Waals surface area contributed by atoms with Crippen molar-refractivity contribution in [3.8, 4) is 0 Å². The summed E-state index contributed by atoms with van der Waals surface area (Å²) < 4.78 is 11.0. The predicted molar refractivity (Wildman–Crippen MR) is 69.4 cm³/mol. The summed E-state index contributed by atoms with van der Waals surface area (Å²) in [6.07, 6.45) is 5.01. The van der Waals surface area contributed by atoms with Crippen molar-refractivity contribution >= 4 is 12.4 Å². The molecule has 0 aromatic rings. The molecule has 5 nitrogen and oxygen atoms in total. The molecule has 1 aliphatic carbocycles. The van der Waals surface area contributed by atoms with E-state index in [2.05, 4.69) is 5.32 Å². The maximum Gasteiger partial charge on any atom is 0.328 e. The van der Waals surface area contributed by atoms with Crippen LogP contribution < -0.4 is 5.32 Å². The summed E-state index contributed by atoms with van der Waals surface area (Å²) in [7, 11) is 0. The van der Waals surface area contributed by atoms with Crippen LogP contribution in [0.2, 0.25) is 0 Å². The molecule has 0 spiro atoms. The molecule has 5 heteroatoms. The van der Waals surface area contributed by atoms with Crippen LogP contribution in [0.25, 0.3) is 0 Å². The molecule has 1 aliphatic heterocycles. The van der Waals surface area contributed by atoms with Crippen LogP contribution in [0.1, 0.15) is 39.5 Å². The summed E-state index contributed by atoms with van der Waals surface area (Å²) in [5.74, 6) is 0.422. The minimum absolute atomic E-state index is 0.110. The van der Waals surface area contributed by atoms with Gasteiger partial charge in [0.05, 0.1) is 18.8 Å². The summed E-state index contributed by atoms with van der Waals surface area (Å²) >= 11 is 0. The number of ether oxygens (including phenoxy) is 2. The van der Waals surface area contributed by atoms with Gasteiger partial charge in [-0.1, -0.05) is 0 Å². The minimum atomic E-state index is -0.537. The van der Waals surface area contributed by atoms with Crippen LogP contribution in [0, 0.1) is 11.8 Å². The molecule has 1 amide bonds. The number of hydrogen-bond acceptors (Lipinski definition) is 4. The number of hydrogen-bond donors (Lipinski definition) is 1. The molecular weight excluding hydrogens is 246 g/mol. The predicted octanol–water partition coefficient (Wildman–Crippen LogP) is 1.26. The second-order valence-corrected chi connectivity index (χ2v) is 5.57. The minimum Gasteiger partial charge on any atom is -0.464 e. The Morgan fingerprint density at radius 3 is 2.79 bits per heavy atom. The fourth-order valence-electron chi connectivity index (χ4n) is 2.98. The molecule has 0 bridgehead atoms. The first-order valence-electron chi connectivity index (χ1n) is 7.17. The van der Waals surface area contributed by atoms with Gasteiger partial charge in [-0.05, 0) is 51.4 Å².